The maximum absolute atomic E-state index is 11.2. The predicted octanol–water partition coefficient (Wildman–Crippen LogP) is 0.624. The number of carbonyl (C=O) groups is 1. The normalized spacial score (nSPS) is 10.1. The van der Waals surface area contributed by atoms with Crippen molar-refractivity contribution >= 4 is 11.9 Å². The van der Waals surface area contributed by atoms with Gasteiger partial charge < -0.3 is 10.5 Å². The van der Waals surface area contributed by atoms with Crippen molar-refractivity contribution in [3.05, 3.63) is 18.0 Å². The summed E-state index contributed by atoms with van der Waals surface area (Å²) in [6.07, 6.45) is 1.25. The van der Waals surface area contributed by atoms with Crippen molar-refractivity contribution < 1.29 is 9.53 Å². The van der Waals surface area contributed by atoms with E-state index in [4.69, 9.17) is 10.5 Å². The summed E-state index contributed by atoms with van der Waals surface area (Å²) in [7, 11) is 0. The minimum atomic E-state index is -0.482. The second-order valence-corrected chi connectivity index (χ2v) is 2.75. The molecule has 0 bridgehead atoms. The Bertz CT molecular complexity index is 312. The third-order valence-electron chi connectivity index (χ3n) is 1.23. The van der Waals surface area contributed by atoms with E-state index in [-0.39, 0.29) is 17.7 Å². The summed E-state index contributed by atoms with van der Waals surface area (Å²) in [6.45, 7) is 3.53. The molecule has 13 heavy (non-hydrogen) atoms. The van der Waals surface area contributed by atoms with Crippen molar-refractivity contribution in [2.45, 2.75) is 20.0 Å². The number of nitrogen functional groups attached to an aromatic ring is 1. The van der Waals surface area contributed by atoms with Gasteiger partial charge in [-0.15, -0.1) is 0 Å². The maximum Gasteiger partial charge on any atom is 0.357 e. The summed E-state index contributed by atoms with van der Waals surface area (Å²) >= 11 is 0. The van der Waals surface area contributed by atoms with Gasteiger partial charge in [0.1, 0.15) is 0 Å². The fourth-order valence-electron chi connectivity index (χ4n) is 0.762. The standard InChI is InChI=1S/C8H11N3O2/c1-5(2)13-7(12)6-3-4-10-8(9)11-6/h3-5H,1-2H3,(H2,9,10,11). The Kier molecular flexibility index (Phi) is 2.79. The number of anilines is 1. The average Bonchev–Trinajstić information content (AvgIpc) is 2.03. The highest BCUT2D eigenvalue weighted by Crippen LogP contribution is 2.01. The summed E-state index contributed by atoms with van der Waals surface area (Å²) < 4.78 is 4.91. The molecular formula is C8H11N3O2. The molecule has 0 aromatic carbocycles. The van der Waals surface area contributed by atoms with Gasteiger partial charge in [0.15, 0.2) is 5.69 Å². The van der Waals surface area contributed by atoms with Crippen molar-refractivity contribution in [2.24, 2.45) is 0 Å². The largest absolute Gasteiger partial charge is 0.458 e. The van der Waals surface area contributed by atoms with E-state index in [9.17, 15) is 4.79 Å². The monoisotopic (exact) mass is 181 g/mol. The van der Waals surface area contributed by atoms with Crippen LogP contribution in [-0.2, 0) is 4.74 Å². The molecule has 5 nitrogen and oxygen atoms in total. The first kappa shape index (κ1) is 9.44. The van der Waals surface area contributed by atoms with Crippen LogP contribution in [0.1, 0.15) is 24.3 Å². The third kappa shape index (κ3) is 2.70. The van der Waals surface area contributed by atoms with Crippen LogP contribution in [0.5, 0.6) is 0 Å². The Hall–Kier alpha value is -1.65. The number of carbonyl (C=O) groups excluding carboxylic acids is 1. The Morgan fingerprint density at radius 3 is 2.85 bits per heavy atom. The molecule has 1 aromatic heterocycles. The zero-order valence-electron chi connectivity index (χ0n) is 7.52. The van der Waals surface area contributed by atoms with Crippen LogP contribution < -0.4 is 5.73 Å². The van der Waals surface area contributed by atoms with Gasteiger partial charge in [0.2, 0.25) is 5.95 Å². The van der Waals surface area contributed by atoms with Crippen LogP contribution in [0.2, 0.25) is 0 Å². The van der Waals surface area contributed by atoms with E-state index in [0.717, 1.165) is 0 Å². The van der Waals surface area contributed by atoms with Gasteiger partial charge in [0, 0.05) is 6.20 Å². The van der Waals surface area contributed by atoms with Gasteiger partial charge in [-0.05, 0) is 19.9 Å². The molecule has 0 fully saturated rings. The average molecular weight is 181 g/mol. The summed E-state index contributed by atoms with van der Waals surface area (Å²) in [5.41, 5.74) is 5.48. The molecule has 2 N–H and O–H groups in total. The van der Waals surface area contributed by atoms with Gasteiger partial charge >= 0.3 is 5.97 Å². The number of hydrogen-bond acceptors (Lipinski definition) is 5. The first-order chi connectivity index (χ1) is 6.09. The molecule has 0 atom stereocenters. The molecule has 1 heterocycles. The molecule has 0 spiro atoms. The molecule has 0 saturated carbocycles. The smallest absolute Gasteiger partial charge is 0.357 e. The predicted molar refractivity (Wildman–Crippen MR) is 47.0 cm³/mol. The van der Waals surface area contributed by atoms with Gasteiger partial charge in [-0.25, -0.2) is 14.8 Å². The van der Waals surface area contributed by atoms with Crippen LogP contribution in [0.25, 0.3) is 0 Å². The topological polar surface area (TPSA) is 78.1 Å². The Labute approximate surface area is 75.9 Å². The van der Waals surface area contributed by atoms with E-state index in [2.05, 4.69) is 9.97 Å². The van der Waals surface area contributed by atoms with Gasteiger partial charge in [0.05, 0.1) is 6.10 Å². The molecule has 0 radical (unpaired) electrons. The van der Waals surface area contributed by atoms with E-state index in [1.165, 1.54) is 12.3 Å². The van der Waals surface area contributed by atoms with Crippen LogP contribution in [0.15, 0.2) is 12.3 Å². The summed E-state index contributed by atoms with van der Waals surface area (Å²) in [4.78, 5) is 18.6. The van der Waals surface area contributed by atoms with Crippen molar-refractivity contribution in [1.29, 1.82) is 0 Å². The van der Waals surface area contributed by atoms with E-state index < -0.39 is 5.97 Å². The molecule has 70 valence electrons. The minimum Gasteiger partial charge on any atom is -0.458 e. The highest BCUT2D eigenvalue weighted by molar-refractivity contribution is 5.87. The highest BCUT2D eigenvalue weighted by Gasteiger charge is 2.10. The quantitative estimate of drug-likeness (QED) is 0.677. The van der Waals surface area contributed by atoms with Crippen molar-refractivity contribution in [2.75, 3.05) is 5.73 Å². The van der Waals surface area contributed by atoms with Gasteiger partial charge in [-0.3, -0.25) is 0 Å². The van der Waals surface area contributed by atoms with Gasteiger partial charge in [-0.2, -0.15) is 0 Å². The van der Waals surface area contributed by atoms with Crippen LogP contribution >= 0.6 is 0 Å². The van der Waals surface area contributed by atoms with E-state index in [0.29, 0.717) is 0 Å². The maximum atomic E-state index is 11.2. The van der Waals surface area contributed by atoms with Crippen molar-refractivity contribution in [1.82, 2.24) is 9.97 Å². The second kappa shape index (κ2) is 3.84. The number of rotatable bonds is 2. The molecule has 1 rings (SSSR count). The van der Waals surface area contributed by atoms with Crippen LogP contribution in [0, 0.1) is 0 Å². The van der Waals surface area contributed by atoms with Crippen LogP contribution in [0.4, 0.5) is 5.95 Å². The fourth-order valence-corrected chi connectivity index (χ4v) is 0.762. The van der Waals surface area contributed by atoms with E-state index in [1.807, 2.05) is 0 Å². The lowest BCUT2D eigenvalue weighted by atomic mass is 10.4. The molecule has 0 unspecified atom stereocenters. The summed E-state index contributed by atoms with van der Waals surface area (Å²) in [6, 6.07) is 1.46. The fraction of sp³-hybridized carbons (Fsp3) is 0.375. The van der Waals surface area contributed by atoms with Crippen molar-refractivity contribution in [3.8, 4) is 0 Å². The highest BCUT2D eigenvalue weighted by atomic mass is 16.5. The van der Waals surface area contributed by atoms with Crippen molar-refractivity contribution in [3.63, 3.8) is 0 Å². The summed E-state index contributed by atoms with van der Waals surface area (Å²) in [5, 5.41) is 0. The van der Waals surface area contributed by atoms with E-state index in [1.54, 1.807) is 13.8 Å². The zero-order chi connectivity index (χ0) is 9.84. The lowest BCUT2D eigenvalue weighted by Crippen LogP contribution is -2.13. The first-order valence-electron chi connectivity index (χ1n) is 3.89. The summed E-state index contributed by atoms with van der Waals surface area (Å²) in [5.74, 6) is -0.415. The number of aromatic nitrogens is 2. The third-order valence-corrected chi connectivity index (χ3v) is 1.23. The molecule has 0 aliphatic carbocycles. The number of hydrogen-bond donors (Lipinski definition) is 1. The minimum absolute atomic E-state index is 0.0678. The molecule has 0 saturated heterocycles. The number of nitrogens with zero attached hydrogens (tertiary/aromatic N) is 2. The SMILES string of the molecule is CC(C)OC(=O)c1ccnc(N)n1. The van der Waals surface area contributed by atoms with Crippen LogP contribution in [0.3, 0.4) is 0 Å². The second-order valence-electron chi connectivity index (χ2n) is 2.75. The molecule has 0 aliphatic rings. The van der Waals surface area contributed by atoms with E-state index >= 15 is 0 Å². The Balaban J connectivity index is 2.77. The van der Waals surface area contributed by atoms with Gasteiger partial charge in [-0.1, -0.05) is 0 Å². The zero-order valence-corrected chi connectivity index (χ0v) is 7.52. The molecular weight excluding hydrogens is 170 g/mol. The Morgan fingerprint density at radius 2 is 2.31 bits per heavy atom. The molecule has 5 heteroatoms. The molecule has 0 aliphatic heterocycles. The number of nitrogens with two attached hydrogens (primary N) is 1. The number of ether oxygens (including phenoxy) is 1. The first-order valence-corrected chi connectivity index (χ1v) is 3.89. The molecule has 0 amide bonds. The lowest BCUT2D eigenvalue weighted by molar-refractivity contribution is 0.0371. The Morgan fingerprint density at radius 1 is 1.62 bits per heavy atom. The number of esters is 1. The van der Waals surface area contributed by atoms with Crippen LogP contribution in [-0.4, -0.2) is 22.0 Å². The van der Waals surface area contributed by atoms with Gasteiger partial charge in [0.25, 0.3) is 0 Å². The molecule has 1 aromatic rings. The lowest BCUT2D eigenvalue weighted by Gasteiger charge is -2.06.